The molecule has 0 bridgehead atoms. The Morgan fingerprint density at radius 2 is 1.95 bits per heavy atom. The first kappa shape index (κ1) is 15.1. The van der Waals surface area contributed by atoms with E-state index in [4.69, 9.17) is 11.6 Å². The highest BCUT2D eigenvalue weighted by Crippen LogP contribution is 2.23. The van der Waals surface area contributed by atoms with Crippen LogP contribution in [0.3, 0.4) is 0 Å². The van der Waals surface area contributed by atoms with Crippen molar-refractivity contribution < 1.29 is 4.92 Å². The maximum atomic E-state index is 11.0. The minimum absolute atomic E-state index is 0.0369. The smallest absolute Gasteiger partial charge is 0.311 e. The van der Waals surface area contributed by atoms with Gasteiger partial charge < -0.3 is 10.6 Å². The van der Waals surface area contributed by atoms with Gasteiger partial charge in [0.05, 0.1) is 4.92 Å². The minimum atomic E-state index is -0.447. The number of benzene rings is 1. The third-order valence-corrected chi connectivity index (χ3v) is 3.20. The van der Waals surface area contributed by atoms with Gasteiger partial charge in [-0.3, -0.25) is 10.1 Å². The van der Waals surface area contributed by atoms with Crippen molar-refractivity contribution in [3.05, 3.63) is 57.1 Å². The highest BCUT2D eigenvalue weighted by molar-refractivity contribution is 6.30. The largest absolute Gasteiger partial charge is 0.373 e. The van der Waals surface area contributed by atoms with Crippen LogP contribution in [-0.4, -0.2) is 23.5 Å². The molecule has 1 aromatic heterocycles. The molecule has 2 rings (SSSR count). The number of rotatable bonds is 6. The van der Waals surface area contributed by atoms with Gasteiger partial charge in [-0.2, -0.15) is 0 Å². The van der Waals surface area contributed by atoms with Crippen LogP contribution in [0.25, 0.3) is 0 Å². The Balaban J connectivity index is 2.04. The molecule has 1 heterocycles. The average Bonchev–Trinajstić information content (AvgIpc) is 2.49. The Kier molecular flexibility index (Phi) is 4.94. The van der Waals surface area contributed by atoms with Crippen molar-refractivity contribution in [3.63, 3.8) is 0 Å². The van der Waals surface area contributed by atoms with E-state index in [0.717, 1.165) is 12.0 Å². The molecule has 0 spiro atoms. The van der Waals surface area contributed by atoms with Crippen LogP contribution in [0.15, 0.2) is 36.4 Å². The van der Waals surface area contributed by atoms with Gasteiger partial charge in [0.1, 0.15) is 5.82 Å². The summed E-state index contributed by atoms with van der Waals surface area (Å²) in [5, 5.41) is 17.5. The third kappa shape index (κ3) is 4.06. The number of hydrogen-bond donors (Lipinski definition) is 2. The first-order valence-electron chi connectivity index (χ1n) is 6.41. The second kappa shape index (κ2) is 6.90. The second-order valence-electron chi connectivity index (χ2n) is 4.37. The lowest BCUT2D eigenvalue weighted by Crippen LogP contribution is -2.09. The van der Waals surface area contributed by atoms with Crippen LogP contribution in [0.4, 0.5) is 17.3 Å². The van der Waals surface area contributed by atoms with Gasteiger partial charge >= 0.3 is 5.69 Å². The lowest BCUT2D eigenvalue weighted by atomic mass is 10.1. The van der Waals surface area contributed by atoms with Crippen LogP contribution in [0.1, 0.15) is 5.56 Å². The van der Waals surface area contributed by atoms with Crippen LogP contribution in [0.2, 0.25) is 5.02 Å². The van der Waals surface area contributed by atoms with Crippen molar-refractivity contribution >= 4 is 28.9 Å². The molecule has 0 aliphatic carbocycles. The first-order valence-corrected chi connectivity index (χ1v) is 6.79. The van der Waals surface area contributed by atoms with Crippen molar-refractivity contribution in [2.75, 3.05) is 24.2 Å². The van der Waals surface area contributed by atoms with Gasteiger partial charge in [0, 0.05) is 24.7 Å². The number of halogens is 1. The SMILES string of the molecule is CNc1ccc([N+](=O)[O-])c(NCCc2ccc(Cl)cc2)n1. The zero-order valence-electron chi connectivity index (χ0n) is 11.5. The fourth-order valence-corrected chi connectivity index (χ4v) is 1.97. The van der Waals surface area contributed by atoms with Gasteiger partial charge in [-0.25, -0.2) is 4.98 Å². The summed E-state index contributed by atoms with van der Waals surface area (Å²) in [5.41, 5.74) is 1.06. The van der Waals surface area contributed by atoms with Gasteiger partial charge in [-0.1, -0.05) is 23.7 Å². The number of nitrogens with zero attached hydrogens (tertiary/aromatic N) is 2. The Bertz CT molecular complexity index is 631. The van der Waals surface area contributed by atoms with E-state index >= 15 is 0 Å². The van der Waals surface area contributed by atoms with Gasteiger partial charge in [0.15, 0.2) is 0 Å². The van der Waals surface area contributed by atoms with Crippen LogP contribution >= 0.6 is 11.6 Å². The quantitative estimate of drug-likeness (QED) is 0.632. The number of anilines is 2. The number of nitrogens with one attached hydrogen (secondary N) is 2. The Morgan fingerprint density at radius 3 is 2.57 bits per heavy atom. The molecule has 0 unspecified atom stereocenters. The van der Waals surface area contributed by atoms with E-state index in [0.29, 0.717) is 17.4 Å². The van der Waals surface area contributed by atoms with Gasteiger partial charge in [0.25, 0.3) is 0 Å². The molecule has 0 saturated carbocycles. The molecule has 7 heteroatoms. The second-order valence-corrected chi connectivity index (χ2v) is 4.81. The maximum absolute atomic E-state index is 11.0. The highest BCUT2D eigenvalue weighted by Gasteiger charge is 2.15. The summed E-state index contributed by atoms with van der Waals surface area (Å²) >= 11 is 5.82. The van der Waals surface area contributed by atoms with Crippen molar-refractivity contribution in [1.82, 2.24) is 4.98 Å². The molecular weight excluding hydrogens is 292 g/mol. The molecule has 0 aliphatic rings. The summed E-state index contributed by atoms with van der Waals surface area (Å²) in [4.78, 5) is 14.7. The summed E-state index contributed by atoms with van der Waals surface area (Å²) in [7, 11) is 1.71. The molecule has 0 saturated heterocycles. The van der Waals surface area contributed by atoms with E-state index in [9.17, 15) is 10.1 Å². The molecule has 21 heavy (non-hydrogen) atoms. The summed E-state index contributed by atoms with van der Waals surface area (Å²) in [5.74, 6) is 0.843. The Morgan fingerprint density at radius 1 is 1.24 bits per heavy atom. The predicted molar refractivity (Wildman–Crippen MR) is 84.1 cm³/mol. The molecule has 6 nitrogen and oxygen atoms in total. The van der Waals surface area contributed by atoms with E-state index in [1.807, 2.05) is 24.3 Å². The summed E-state index contributed by atoms with van der Waals surface area (Å²) < 4.78 is 0. The van der Waals surface area contributed by atoms with Crippen LogP contribution in [-0.2, 0) is 6.42 Å². The number of pyridine rings is 1. The van der Waals surface area contributed by atoms with E-state index in [1.54, 1.807) is 13.1 Å². The minimum Gasteiger partial charge on any atom is -0.373 e. The first-order chi connectivity index (χ1) is 10.1. The summed E-state index contributed by atoms with van der Waals surface area (Å²) in [6.07, 6.45) is 0.722. The molecule has 1 aromatic carbocycles. The van der Waals surface area contributed by atoms with E-state index in [2.05, 4.69) is 15.6 Å². The lowest BCUT2D eigenvalue weighted by molar-refractivity contribution is -0.384. The molecule has 110 valence electrons. The molecule has 0 amide bonds. The van der Waals surface area contributed by atoms with Crippen LogP contribution in [0, 0.1) is 10.1 Å². The van der Waals surface area contributed by atoms with E-state index < -0.39 is 4.92 Å². The van der Waals surface area contributed by atoms with Crippen molar-refractivity contribution in [3.8, 4) is 0 Å². The fourth-order valence-electron chi connectivity index (χ4n) is 1.84. The zero-order valence-corrected chi connectivity index (χ0v) is 12.2. The molecule has 0 aliphatic heterocycles. The van der Waals surface area contributed by atoms with Crippen molar-refractivity contribution in [2.24, 2.45) is 0 Å². The van der Waals surface area contributed by atoms with Gasteiger partial charge in [0.2, 0.25) is 5.82 Å². The topological polar surface area (TPSA) is 80.1 Å². The molecule has 2 aromatic rings. The normalized spacial score (nSPS) is 10.2. The Labute approximate surface area is 127 Å². The molecule has 0 fully saturated rings. The zero-order chi connectivity index (χ0) is 15.2. The standard InChI is InChI=1S/C14H15ClN4O2/c1-16-13-7-6-12(19(20)21)14(18-13)17-9-8-10-2-4-11(15)5-3-10/h2-7H,8-9H2,1H3,(H2,16,17,18). The van der Waals surface area contributed by atoms with Crippen LogP contribution < -0.4 is 10.6 Å². The predicted octanol–water partition coefficient (Wildman–Crippen LogP) is 3.34. The molecular formula is C14H15ClN4O2. The molecule has 2 N–H and O–H groups in total. The van der Waals surface area contributed by atoms with Crippen molar-refractivity contribution in [2.45, 2.75) is 6.42 Å². The number of aromatic nitrogens is 1. The average molecular weight is 307 g/mol. The number of hydrogen-bond acceptors (Lipinski definition) is 5. The summed E-state index contributed by atoms with van der Waals surface area (Å²) in [6, 6.07) is 10.5. The van der Waals surface area contributed by atoms with Gasteiger partial charge in [-0.15, -0.1) is 0 Å². The maximum Gasteiger partial charge on any atom is 0.311 e. The molecule has 0 atom stereocenters. The monoisotopic (exact) mass is 306 g/mol. The van der Waals surface area contributed by atoms with E-state index in [-0.39, 0.29) is 11.5 Å². The van der Waals surface area contributed by atoms with E-state index in [1.165, 1.54) is 6.07 Å². The fraction of sp³-hybridized carbons (Fsp3) is 0.214. The number of nitro groups is 1. The van der Waals surface area contributed by atoms with Crippen molar-refractivity contribution in [1.29, 1.82) is 0 Å². The highest BCUT2D eigenvalue weighted by atomic mass is 35.5. The molecule has 0 radical (unpaired) electrons. The van der Waals surface area contributed by atoms with Crippen LogP contribution in [0.5, 0.6) is 0 Å². The van der Waals surface area contributed by atoms with Gasteiger partial charge in [-0.05, 0) is 30.2 Å². The lowest BCUT2D eigenvalue weighted by Gasteiger charge is -2.08. The third-order valence-electron chi connectivity index (χ3n) is 2.95. The Hall–Kier alpha value is -2.34. The summed E-state index contributed by atoms with van der Waals surface area (Å²) in [6.45, 7) is 0.544.